The lowest BCUT2D eigenvalue weighted by Gasteiger charge is -2.30. The summed E-state index contributed by atoms with van der Waals surface area (Å²) < 4.78 is 78.3. The number of halogens is 6. The van der Waals surface area contributed by atoms with E-state index in [-0.39, 0.29) is 24.4 Å². The molecule has 1 aliphatic heterocycles. The van der Waals surface area contributed by atoms with Gasteiger partial charge in [0.25, 0.3) is 0 Å². The predicted octanol–water partition coefficient (Wildman–Crippen LogP) is 2.26. The zero-order valence-electron chi connectivity index (χ0n) is 13.8. The molecule has 1 N–H and O–H groups in total. The van der Waals surface area contributed by atoms with Crippen molar-refractivity contribution in [3.05, 3.63) is 45.9 Å². The lowest BCUT2D eigenvalue weighted by Crippen LogP contribution is -2.44. The van der Waals surface area contributed by atoms with Crippen molar-refractivity contribution in [1.82, 2.24) is 19.3 Å². The molecule has 0 amide bonds. The summed E-state index contributed by atoms with van der Waals surface area (Å²) >= 11 is 0. The van der Waals surface area contributed by atoms with Crippen molar-refractivity contribution in [2.24, 2.45) is 5.92 Å². The maximum atomic E-state index is 13.2. The van der Waals surface area contributed by atoms with Crippen LogP contribution in [0.5, 0.6) is 0 Å². The van der Waals surface area contributed by atoms with Gasteiger partial charge in [0.1, 0.15) is 17.6 Å². The van der Waals surface area contributed by atoms with Crippen molar-refractivity contribution in [2.75, 3.05) is 0 Å². The zero-order chi connectivity index (χ0) is 20.9. The van der Waals surface area contributed by atoms with E-state index in [4.69, 9.17) is 0 Å². The Hall–Kier alpha value is -2.86. The molecule has 0 bridgehead atoms. The van der Waals surface area contributed by atoms with Crippen molar-refractivity contribution in [2.45, 2.75) is 37.8 Å². The van der Waals surface area contributed by atoms with E-state index in [9.17, 15) is 41.0 Å². The molecule has 0 saturated carbocycles. The summed E-state index contributed by atoms with van der Waals surface area (Å²) in [6, 6.07) is -0.417. The minimum atomic E-state index is -4.82. The lowest BCUT2D eigenvalue weighted by atomic mass is 9.90. The maximum absolute atomic E-state index is 13.2. The number of alkyl halides is 6. The first-order valence-electron chi connectivity index (χ1n) is 7.89. The van der Waals surface area contributed by atoms with Gasteiger partial charge in [0.2, 0.25) is 0 Å². The Morgan fingerprint density at radius 2 is 1.89 bits per heavy atom. The van der Waals surface area contributed by atoms with Crippen LogP contribution in [0.25, 0.3) is 0 Å². The topological polar surface area (TPSA) is 90.0 Å². The minimum absolute atomic E-state index is 0.127. The molecule has 3 rings (SSSR count). The molecular weight excluding hydrogens is 398 g/mol. The van der Waals surface area contributed by atoms with Crippen LogP contribution in [-0.4, -0.2) is 36.6 Å². The number of aromatic nitrogens is 4. The molecule has 0 fully saturated rings. The lowest BCUT2D eigenvalue weighted by molar-refractivity contribution is -0.198. The van der Waals surface area contributed by atoms with Crippen molar-refractivity contribution >= 4 is 5.97 Å². The van der Waals surface area contributed by atoms with Crippen LogP contribution in [0.3, 0.4) is 0 Å². The number of pyridine rings is 1. The molecule has 7 nitrogen and oxygen atoms in total. The Kier molecular flexibility index (Phi) is 4.71. The molecular formula is C15H12F6N4O3. The third-order valence-corrected chi connectivity index (χ3v) is 4.40. The monoisotopic (exact) mass is 410 g/mol. The Morgan fingerprint density at radius 1 is 1.21 bits per heavy atom. The first kappa shape index (κ1) is 19.9. The number of hydrogen-bond acceptors (Lipinski definition) is 4. The summed E-state index contributed by atoms with van der Waals surface area (Å²) in [5.41, 5.74) is -2.09. The predicted molar refractivity (Wildman–Crippen MR) is 79.4 cm³/mol. The van der Waals surface area contributed by atoms with Crippen LogP contribution in [0.2, 0.25) is 0 Å². The molecule has 0 radical (unpaired) electrons. The van der Waals surface area contributed by atoms with Crippen molar-refractivity contribution < 1.29 is 36.2 Å². The summed E-state index contributed by atoms with van der Waals surface area (Å²) in [6.07, 6.45) is -9.41. The quantitative estimate of drug-likeness (QED) is 0.785. The molecule has 2 aromatic heterocycles. The number of aryl methyl sites for hydroxylation is 1. The first-order valence-corrected chi connectivity index (χ1v) is 7.89. The fraction of sp³-hybridized carbons (Fsp3) is 0.467. The smallest absolute Gasteiger partial charge is 0.433 e. The van der Waals surface area contributed by atoms with Crippen LogP contribution in [0.1, 0.15) is 29.5 Å². The summed E-state index contributed by atoms with van der Waals surface area (Å²) in [4.78, 5) is 27.1. The second-order valence-corrected chi connectivity index (χ2v) is 6.25. The molecule has 13 heteroatoms. The number of rotatable bonds is 3. The van der Waals surface area contributed by atoms with E-state index in [1.54, 1.807) is 0 Å². The van der Waals surface area contributed by atoms with Gasteiger partial charge in [0, 0.05) is 12.6 Å². The summed E-state index contributed by atoms with van der Waals surface area (Å²) in [5, 5.41) is 13.1. The first-order chi connectivity index (χ1) is 12.9. The third kappa shape index (κ3) is 3.60. The number of aliphatic carboxylic acids is 1. The van der Waals surface area contributed by atoms with Gasteiger partial charge in [0.15, 0.2) is 0 Å². The van der Waals surface area contributed by atoms with E-state index in [0.29, 0.717) is 15.3 Å². The highest BCUT2D eigenvalue weighted by Crippen LogP contribution is 2.40. The molecule has 2 atom stereocenters. The van der Waals surface area contributed by atoms with Gasteiger partial charge in [0.05, 0.1) is 12.5 Å². The fourth-order valence-corrected chi connectivity index (χ4v) is 3.12. The second kappa shape index (κ2) is 6.63. The van der Waals surface area contributed by atoms with Crippen LogP contribution in [0.4, 0.5) is 26.3 Å². The molecule has 3 heterocycles. The largest absolute Gasteiger partial charge is 0.480 e. The van der Waals surface area contributed by atoms with Crippen LogP contribution in [0, 0.1) is 5.92 Å². The van der Waals surface area contributed by atoms with E-state index in [1.807, 2.05) is 0 Å². The molecule has 0 aliphatic carbocycles. The average molecular weight is 410 g/mol. The van der Waals surface area contributed by atoms with E-state index in [0.717, 1.165) is 12.3 Å². The van der Waals surface area contributed by atoms with E-state index in [2.05, 4.69) is 10.1 Å². The van der Waals surface area contributed by atoms with Crippen LogP contribution in [-0.2, 0) is 23.9 Å². The van der Waals surface area contributed by atoms with Crippen molar-refractivity contribution in [3.8, 4) is 0 Å². The van der Waals surface area contributed by atoms with Gasteiger partial charge in [-0.15, -0.1) is 0 Å². The number of nitrogens with zero attached hydrogens (tertiary/aromatic N) is 4. The van der Waals surface area contributed by atoms with Gasteiger partial charge in [-0.2, -0.15) is 31.4 Å². The van der Waals surface area contributed by atoms with Gasteiger partial charge in [-0.25, -0.2) is 14.3 Å². The Balaban J connectivity index is 1.95. The van der Waals surface area contributed by atoms with Crippen LogP contribution >= 0.6 is 0 Å². The molecule has 28 heavy (non-hydrogen) atoms. The fourth-order valence-electron chi connectivity index (χ4n) is 3.12. The van der Waals surface area contributed by atoms with Gasteiger partial charge >= 0.3 is 24.0 Å². The van der Waals surface area contributed by atoms with E-state index in [1.165, 1.54) is 0 Å². The summed E-state index contributed by atoms with van der Waals surface area (Å²) in [6.45, 7) is -0.368. The number of hydrogen-bond donors (Lipinski definition) is 1. The highest BCUT2D eigenvalue weighted by molar-refractivity contribution is 5.72. The van der Waals surface area contributed by atoms with Gasteiger partial charge < -0.3 is 5.11 Å². The Morgan fingerprint density at radius 3 is 2.39 bits per heavy atom. The molecule has 152 valence electrons. The normalized spacial score (nSPS) is 20.1. The van der Waals surface area contributed by atoms with Gasteiger partial charge in [-0.05, 0) is 18.1 Å². The maximum Gasteiger partial charge on any atom is 0.433 e. The third-order valence-electron chi connectivity index (χ3n) is 4.40. The molecule has 0 aromatic carbocycles. The van der Waals surface area contributed by atoms with Crippen LogP contribution in [0.15, 0.2) is 23.1 Å². The van der Waals surface area contributed by atoms with Gasteiger partial charge in [-0.1, -0.05) is 6.07 Å². The Labute approximate surface area is 152 Å². The number of carbonyl (C=O) groups is 1. The van der Waals surface area contributed by atoms with E-state index < -0.39 is 48.1 Å². The minimum Gasteiger partial charge on any atom is -0.480 e. The SMILES string of the molecule is O=C(O)[C@H]1[C@H](C(F)(F)F)CCc2nn(Cc3ccc(C(F)(F)F)nc3)c(=O)n21. The number of fused-ring (bicyclic) bond motifs is 1. The molecule has 0 spiro atoms. The highest BCUT2D eigenvalue weighted by Gasteiger charge is 2.51. The second-order valence-electron chi connectivity index (χ2n) is 6.25. The standard InChI is InChI=1S/C15H12F6N4O3/c16-14(17,18)8-2-4-10-23-24(13(28)25(10)11(8)12(26)27)6-7-1-3-9(22-5-7)15(19,20)21/h1,3,5,8,11H,2,4,6H2,(H,26,27)/t8-,11-/m1/s1. The average Bonchev–Trinajstić information content (AvgIpc) is 2.89. The summed E-state index contributed by atoms with van der Waals surface area (Å²) in [7, 11) is 0. The van der Waals surface area contributed by atoms with E-state index >= 15 is 0 Å². The van der Waals surface area contributed by atoms with Crippen molar-refractivity contribution in [1.29, 1.82) is 0 Å². The van der Waals surface area contributed by atoms with Crippen LogP contribution < -0.4 is 5.69 Å². The zero-order valence-corrected chi connectivity index (χ0v) is 13.8. The molecule has 0 unspecified atom stereocenters. The van der Waals surface area contributed by atoms with Gasteiger partial charge in [-0.3, -0.25) is 9.55 Å². The Bertz CT molecular complexity index is 945. The molecule has 1 aliphatic rings. The number of carboxylic acids is 1. The highest BCUT2D eigenvalue weighted by atomic mass is 19.4. The summed E-state index contributed by atoms with van der Waals surface area (Å²) in [5.74, 6) is -4.19. The molecule has 0 saturated heterocycles. The number of carboxylic acid groups (broad SMARTS) is 1. The molecule has 2 aromatic rings. The van der Waals surface area contributed by atoms with Crippen molar-refractivity contribution in [3.63, 3.8) is 0 Å².